The van der Waals surface area contributed by atoms with E-state index in [0.29, 0.717) is 18.9 Å². The molecule has 5 nitrogen and oxygen atoms in total. The highest BCUT2D eigenvalue weighted by Crippen LogP contribution is 2.18. The Morgan fingerprint density at radius 1 is 1.50 bits per heavy atom. The number of hydrogen-bond donors (Lipinski definition) is 2. The van der Waals surface area contributed by atoms with E-state index in [9.17, 15) is 4.79 Å². The lowest BCUT2D eigenvalue weighted by Crippen LogP contribution is -2.36. The summed E-state index contributed by atoms with van der Waals surface area (Å²) in [7, 11) is 3.98. The van der Waals surface area contributed by atoms with Crippen molar-refractivity contribution in [1.82, 2.24) is 15.5 Å². The van der Waals surface area contributed by atoms with Crippen LogP contribution >= 0.6 is 0 Å². The lowest BCUT2D eigenvalue weighted by Gasteiger charge is -2.24. The first-order chi connectivity index (χ1) is 9.66. The molecule has 0 aliphatic carbocycles. The van der Waals surface area contributed by atoms with Crippen LogP contribution < -0.4 is 10.6 Å². The van der Waals surface area contributed by atoms with Gasteiger partial charge in [0.15, 0.2) is 0 Å². The summed E-state index contributed by atoms with van der Waals surface area (Å²) in [6.07, 6.45) is 4.51. The average molecular weight is 279 g/mol. The molecule has 1 fully saturated rings. The topological polar surface area (TPSA) is 57.5 Å². The van der Waals surface area contributed by atoms with Crippen LogP contribution in [0.25, 0.3) is 0 Å². The minimum absolute atomic E-state index is 0.0852. The van der Waals surface area contributed by atoms with Crippen molar-refractivity contribution in [2.24, 2.45) is 5.92 Å². The van der Waals surface area contributed by atoms with Crippen LogP contribution in [-0.2, 0) is 4.79 Å². The maximum atomic E-state index is 12.0. The van der Waals surface area contributed by atoms with Gasteiger partial charge in [-0.3, -0.25) is 9.69 Å². The van der Waals surface area contributed by atoms with Crippen molar-refractivity contribution in [3.05, 3.63) is 24.2 Å². The van der Waals surface area contributed by atoms with E-state index in [-0.39, 0.29) is 11.9 Å². The van der Waals surface area contributed by atoms with E-state index < -0.39 is 0 Å². The third kappa shape index (κ3) is 4.35. The highest BCUT2D eigenvalue weighted by molar-refractivity contribution is 5.76. The quantitative estimate of drug-likeness (QED) is 0.826. The summed E-state index contributed by atoms with van der Waals surface area (Å²) in [4.78, 5) is 14.1. The van der Waals surface area contributed by atoms with Gasteiger partial charge in [-0.25, -0.2) is 0 Å². The van der Waals surface area contributed by atoms with E-state index in [1.807, 2.05) is 26.2 Å². The Morgan fingerprint density at radius 3 is 2.85 bits per heavy atom. The second-order valence-electron chi connectivity index (χ2n) is 5.70. The second-order valence-corrected chi connectivity index (χ2v) is 5.70. The fourth-order valence-corrected chi connectivity index (χ4v) is 2.65. The van der Waals surface area contributed by atoms with Gasteiger partial charge in [0.05, 0.1) is 12.3 Å². The highest BCUT2D eigenvalue weighted by Gasteiger charge is 2.20. The Labute approximate surface area is 120 Å². The fourth-order valence-electron chi connectivity index (χ4n) is 2.65. The number of carbonyl (C=O) groups is 1. The summed E-state index contributed by atoms with van der Waals surface area (Å²) in [5.74, 6) is 1.56. The van der Waals surface area contributed by atoms with E-state index in [2.05, 4.69) is 15.5 Å². The summed E-state index contributed by atoms with van der Waals surface area (Å²) in [5, 5.41) is 6.36. The predicted molar refractivity (Wildman–Crippen MR) is 78.4 cm³/mol. The monoisotopic (exact) mass is 279 g/mol. The molecule has 1 unspecified atom stereocenters. The third-order valence-corrected chi connectivity index (χ3v) is 3.92. The fraction of sp³-hybridized carbons (Fsp3) is 0.667. The molecule has 0 saturated carbocycles. The molecule has 1 atom stereocenters. The van der Waals surface area contributed by atoms with Gasteiger partial charge >= 0.3 is 0 Å². The van der Waals surface area contributed by atoms with Crippen molar-refractivity contribution in [1.29, 1.82) is 0 Å². The number of amides is 1. The first-order valence-corrected chi connectivity index (χ1v) is 7.34. The Balaban J connectivity index is 1.78. The molecule has 1 aromatic rings. The van der Waals surface area contributed by atoms with Crippen molar-refractivity contribution in [2.75, 3.05) is 33.7 Å². The number of rotatable bonds is 6. The Bertz CT molecular complexity index is 397. The Morgan fingerprint density at radius 2 is 2.25 bits per heavy atom. The van der Waals surface area contributed by atoms with Gasteiger partial charge in [-0.1, -0.05) is 0 Å². The Hall–Kier alpha value is -1.33. The number of likely N-dealkylation sites (N-methyl/N-ethyl adjacent to an activating group) is 1. The Kier molecular flexibility index (Phi) is 5.61. The molecule has 1 aliphatic rings. The minimum Gasteiger partial charge on any atom is -0.468 e. The average Bonchev–Trinajstić information content (AvgIpc) is 2.93. The van der Waals surface area contributed by atoms with Crippen molar-refractivity contribution in [3.63, 3.8) is 0 Å². The summed E-state index contributed by atoms with van der Waals surface area (Å²) in [6, 6.07) is 3.91. The molecule has 0 aromatic carbocycles. The van der Waals surface area contributed by atoms with Gasteiger partial charge in [0, 0.05) is 13.0 Å². The number of furan rings is 1. The molecule has 5 heteroatoms. The van der Waals surface area contributed by atoms with Crippen LogP contribution in [-0.4, -0.2) is 44.5 Å². The van der Waals surface area contributed by atoms with Crippen LogP contribution in [0.4, 0.5) is 0 Å². The molecule has 112 valence electrons. The van der Waals surface area contributed by atoms with E-state index >= 15 is 0 Å². The maximum absolute atomic E-state index is 12.0. The molecule has 1 saturated heterocycles. The number of hydrogen-bond acceptors (Lipinski definition) is 4. The lowest BCUT2D eigenvalue weighted by molar-refractivity contribution is -0.122. The first-order valence-electron chi connectivity index (χ1n) is 7.34. The molecule has 1 amide bonds. The van der Waals surface area contributed by atoms with Crippen molar-refractivity contribution in [2.45, 2.75) is 25.3 Å². The SMILES string of the molecule is CN(C)C(CNC(=O)CC1CCNCC1)c1ccco1. The van der Waals surface area contributed by atoms with Crippen LogP contribution in [0.2, 0.25) is 0 Å². The standard InChI is InChI=1S/C15H25N3O2/c1-18(2)13(14-4-3-9-20-14)11-17-15(19)10-12-5-7-16-8-6-12/h3-4,9,12-13,16H,5-8,10-11H2,1-2H3,(H,17,19). The molecule has 0 bridgehead atoms. The summed E-state index contributed by atoms with van der Waals surface area (Å²) in [6.45, 7) is 2.65. The summed E-state index contributed by atoms with van der Waals surface area (Å²) >= 11 is 0. The smallest absolute Gasteiger partial charge is 0.220 e. The second kappa shape index (κ2) is 7.45. The zero-order valence-electron chi connectivity index (χ0n) is 12.4. The van der Waals surface area contributed by atoms with Crippen LogP contribution in [0.15, 0.2) is 22.8 Å². The van der Waals surface area contributed by atoms with Gasteiger partial charge in [-0.15, -0.1) is 0 Å². The predicted octanol–water partition coefficient (Wildman–Crippen LogP) is 1.39. The zero-order valence-corrected chi connectivity index (χ0v) is 12.4. The molecule has 1 aromatic heterocycles. The molecular weight excluding hydrogens is 254 g/mol. The number of carbonyl (C=O) groups excluding carboxylic acids is 1. The molecular formula is C15H25N3O2. The molecule has 2 rings (SSSR count). The van der Waals surface area contributed by atoms with Crippen LogP contribution in [0.5, 0.6) is 0 Å². The molecule has 0 spiro atoms. The zero-order chi connectivity index (χ0) is 14.4. The molecule has 0 radical (unpaired) electrons. The molecule has 2 N–H and O–H groups in total. The minimum atomic E-state index is 0.0852. The normalized spacial score (nSPS) is 18.1. The van der Waals surface area contributed by atoms with E-state index in [0.717, 1.165) is 31.7 Å². The maximum Gasteiger partial charge on any atom is 0.220 e. The van der Waals surface area contributed by atoms with Gasteiger partial charge in [0.2, 0.25) is 5.91 Å². The number of piperidine rings is 1. The van der Waals surface area contributed by atoms with Crippen LogP contribution in [0.3, 0.4) is 0 Å². The van der Waals surface area contributed by atoms with E-state index in [1.165, 1.54) is 0 Å². The summed E-state index contributed by atoms with van der Waals surface area (Å²) < 4.78 is 5.44. The largest absolute Gasteiger partial charge is 0.468 e. The van der Waals surface area contributed by atoms with E-state index in [4.69, 9.17) is 4.42 Å². The third-order valence-electron chi connectivity index (χ3n) is 3.92. The van der Waals surface area contributed by atoms with Gasteiger partial charge in [0.25, 0.3) is 0 Å². The number of nitrogens with one attached hydrogen (secondary N) is 2. The molecule has 20 heavy (non-hydrogen) atoms. The lowest BCUT2D eigenvalue weighted by atomic mass is 9.94. The first kappa shape index (κ1) is 15.1. The van der Waals surface area contributed by atoms with Gasteiger partial charge in [0.1, 0.15) is 5.76 Å². The van der Waals surface area contributed by atoms with Crippen LogP contribution in [0, 0.1) is 5.92 Å². The van der Waals surface area contributed by atoms with Gasteiger partial charge in [-0.05, 0) is 58.1 Å². The molecule has 2 heterocycles. The van der Waals surface area contributed by atoms with Gasteiger partial charge < -0.3 is 15.1 Å². The van der Waals surface area contributed by atoms with Gasteiger partial charge in [-0.2, -0.15) is 0 Å². The molecule has 1 aliphatic heterocycles. The van der Waals surface area contributed by atoms with E-state index in [1.54, 1.807) is 6.26 Å². The van der Waals surface area contributed by atoms with Crippen molar-refractivity contribution < 1.29 is 9.21 Å². The van der Waals surface area contributed by atoms with Crippen LogP contribution in [0.1, 0.15) is 31.1 Å². The number of nitrogens with zero attached hydrogens (tertiary/aromatic N) is 1. The van der Waals surface area contributed by atoms with Crippen molar-refractivity contribution in [3.8, 4) is 0 Å². The highest BCUT2D eigenvalue weighted by atomic mass is 16.3. The van der Waals surface area contributed by atoms with Crippen molar-refractivity contribution >= 4 is 5.91 Å². The summed E-state index contributed by atoms with van der Waals surface area (Å²) in [5.41, 5.74) is 0.